The quantitative estimate of drug-likeness (QED) is 0.844. The Morgan fingerprint density at radius 2 is 2.18 bits per heavy atom. The zero-order chi connectivity index (χ0) is 12.1. The Hall–Kier alpha value is -1.02. The molecule has 2 nitrogen and oxygen atoms in total. The third kappa shape index (κ3) is 3.22. The Morgan fingerprint density at radius 3 is 2.94 bits per heavy atom. The third-order valence-corrected chi connectivity index (χ3v) is 3.40. The first-order valence-electron chi connectivity index (χ1n) is 6.81. The van der Waals surface area contributed by atoms with Crippen LogP contribution in [0.1, 0.15) is 37.8 Å². The van der Waals surface area contributed by atoms with Gasteiger partial charge < -0.3 is 10.1 Å². The lowest BCUT2D eigenvalue weighted by atomic mass is 9.88. The summed E-state index contributed by atoms with van der Waals surface area (Å²) >= 11 is 0. The summed E-state index contributed by atoms with van der Waals surface area (Å²) in [5, 5.41) is 3.62. The second-order valence-electron chi connectivity index (χ2n) is 4.76. The highest BCUT2D eigenvalue weighted by atomic mass is 16.5. The van der Waals surface area contributed by atoms with Crippen LogP contribution in [0.3, 0.4) is 0 Å². The lowest BCUT2D eigenvalue weighted by molar-refractivity contribution is 0.339. The molecule has 0 bridgehead atoms. The van der Waals surface area contributed by atoms with Gasteiger partial charge in [0.1, 0.15) is 5.75 Å². The average molecular weight is 233 g/mol. The lowest BCUT2D eigenvalue weighted by Crippen LogP contribution is -2.34. The molecular weight excluding hydrogens is 210 g/mol. The van der Waals surface area contributed by atoms with Crippen LogP contribution < -0.4 is 10.1 Å². The highest BCUT2D eigenvalue weighted by Crippen LogP contribution is 2.25. The van der Waals surface area contributed by atoms with Gasteiger partial charge in [-0.1, -0.05) is 13.0 Å². The number of rotatable bonds is 5. The molecule has 0 heterocycles. The second kappa shape index (κ2) is 6.06. The number of nitrogens with one attached hydrogen (secondary N) is 1. The molecule has 0 amide bonds. The normalized spacial score (nSPS) is 18.8. The summed E-state index contributed by atoms with van der Waals surface area (Å²) in [6, 6.07) is 7.20. The van der Waals surface area contributed by atoms with Gasteiger partial charge >= 0.3 is 0 Å². The largest absolute Gasteiger partial charge is 0.494 e. The average Bonchev–Trinajstić information content (AvgIpc) is 2.36. The van der Waals surface area contributed by atoms with Gasteiger partial charge in [0.2, 0.25) is 0 Å². The van der Waals surface area contributed by atoms with Crippen molar-refractivity contribution in [3.63, 3.8) is 0 Å². The van der Waals surface area contributed by atoms with Crippen LogP contribution in [-0.2, 0) is 12.8 Å². The minimum absolute atomic E-state index is 0.652. The van der Waals surface area contributed by atoms with E-state index in [0.717, 1.165) is 25.3 Å². The molecule has 17 heavy (non-hydrogen) atoms. The Bertz CT molecular complexity index is 362. The first kappa shape index (κ1) is 12.4. The van der Waals surface area contributed by atoms with Crippen molar-refractivity contribution in [2.45, 2.75) is 45.6 Å². The van der Waals surface area contributed by atoms with E-state index in [2.05, 4.69) is 30.4 Å². The Kier molecular flexibility index (Phi) is 4.43. The van der Waals surface area contributed by atoms with Crippen LogP contribution in [0.4, 0.5) is 0 Å². The monoisotopic (exact) mass is 233 g/mol. The lowest BCUT2D eigenvalue weighted by Gasteiger charge is -2.26. The predicted molar refractivity (Wildman–Crippen MR) is 71.7 cm³/mol. The highest BCUT2D eigenvalue weighted by Gasteiger charge is 2.18. The fourth-order valence-electron chi connectivity index (χ4n) is 2.51. The zero-order valence-electron chi connectivity index (χ0n) is 11.0. The maximum Gasteiger partial charge on any atom is 0.119 e. The van der Waals surface area contributed by atoms with E-state index in [1.165, 1.54) is 30.4 Å². The SMILES string of the molecule is CCCN[C@@H]1CCc2ccc(OCC)cc2C1. The van der Waals surface area contributed by atoms with E-state index in [1.807, 2.05) is 6.92 Å². The number of hydrogen-bond acceptors (Lipinski definition) is 2. The summed E-state index contributed by atoms with van der Waals surface area (Å²) in [5.74, 6) is 1.02. The van der Waals surface area contributed by atoms with E-state index in [-0.39, 0.29) is 0 Å². The molecule has 0 spiro atoms. The van der Waals surface area contributed by atoms with E-state index >= 15 is 0 Å². The van der Waals surface area contributed by atoms with Gasteiger partial charge in [-0.15, -0.1) is 0 Å². The van der Waals surface area contributed by atoms with Crippen molar-refractivity contribution in [2.75, 3.05) is 13.2 Å². The number of fused-ring (bicyclic) bond motifs is 1. The fraction of sp³-hybridized carbons (Fsp3) is 0.600. The molecule has 0 fully saturated rings. The van der Waals surface area contributed by atoms with E-state index in [0.29, 0.717) is 6.04 Å². The molecule has 0 saturated heterocycles. The molecule has 2 heteroatoms. The van der Waals surface area contributed by atoms with Crippen LogP contribution in [0, 0.1) is 0 Å². The third-order valence-electron chi connectivity index (χ3n) is 3.40. The van der Waals surface area contributed by atoms with E-state index in [4.69, 9.17) is 4.74 Å². The molecule has 0 aromatic heterocycles. The fourth-order valence-corrected chi connectivity index (χ4v) is 2.51. The van der Waals surface area contributed by atoms with Crippen molar-refractivity contribution in [2.24, 2.45) is 0 Å². The zero-order valence-corrected chi connectivity index (χ0v) is 11.0. The first-order valence-corrected chi connectivity index (χ1v) is 6.81. The maximum atomic E-state index is 5.57. The van der Waals surface area contributed by atoms with Gasteiger partial charge in [0, 0.05) is 6.04 Å². The summed E-state index contributed by atoms with van der Waals surface area (Å²) in [6.07, 6.45) is 4.82. The highest BCUT2D eigenvalue weighted by molar-refractivity contribution is 5.37. The molecular formula is C15H23NO. The smallest absolute Gasteiger partial charge is 0.119 e. The summed E-state index contributed by atoms with van der Waals surface area (Å²) in [7, 11) is 0. The van der Waals surface area contributed by atoms with Gasteiger partial charge in [-0.25, -0.2) is 0 Å². The van der Waals surface area contributed by atoms with Crippen LogP contribution in [0.5, 0.6) is 5.75 Å². The van der Waals surface area contributed by atoms with Crippen LogP contribution in [0.25, 0.3) is 0 Å². The van der Waals surface area contributed by atoms with E-state index < -0.39 is 0 Å². The van der Waals surface area contributed by atoms with Gasteiger partial charge in [-0.2, -0.15) is 0 Å². The first-order chi connectivity index (χ1) is 8.33. The van der Waals surface area contributed by atoms with Gasteiger partial charge in [-0.05, 0) is 62.4 Å². The van der Waals surface area contributed by atoms with Crippen molar-refractivity contribution in [3.05, 3.63) is 29.3 Å². The number of aryl methyl sites for hydroxylation is 1. The van der Waals surface area contributed by atoms with Crippen LogP contribution >= 0.6 is 0 Å². The predicted octanol–water partition coefficient (Wildman–Crippen LogP) is 2.94. The topological polar surface area (TPSA) is 21.3 Å². The number of ether oxygens (including phenoxy) is 1. The van der Waals surface area contributed by atoms with Gasteiger partial charge in [-0.3, -0.25) is 0 Å². The minimum Gasteiger partial charge on any atom is -0.494 e. The molecule has 0 radical (unpaired) electrons. The van der Waals surface area contributed by atoms with Crippen LogP contribution in [0.2, 0.25) is 0 Å². The Morgan fingerprint density at radius 1 is 1.29 bits per heavy atom. The summed E-state index contributed by atoms with van der Waals surface area (Å²) < 4.78 is 5.57. The van der Waals surface area contributed by atoms with E-state index in [1.54, 1.807) is 0 Å². The van der Waals surface area contributed by atoms with Crippen molar-refractivity contribution in [1.29, 1.82) is 0 Å². The molecule has 94 valence electrons. The second-order valence-corrected chi connectivity index (χ2v) is 4.76. The molecule has 1 aliphatic carbocycles. The summed E-state index contributed by atoms with van der Waals surface area (Å²) in [5.41, 5.74) is 2.97. The Labute approximate surface area is 104 Å². The molecule has 0 aliphatic heterocycles. The van der Waals surface area contributed by atoms with Gasteiger partial charge in [0.25, 0.3) is 0 Å². The molecule has 1 atom stereocenters. The van der Waals surface area contributed by atoms with Gasteiger partial charge in [0.15, 0.2) is 0 Å². The van der Waals surface area contributed by atoms with Crippen LogP contribution in [-0.4, -0.2) is 19.2 Å². The minimum atomic E-state index is 0.652. The standard InChI is InChI=1S/C15H23NO/c1-3-9-16-14-7-5-12-6-8-15(17-4-2)11-13(12)10-14/h6,8,11,14,16H,3-5,7,9-10H2,1-2H3/t14-/m1/s1. The number of benzene rings is 1. The number of hydrogen-bond donors (Lipinski definition) is 1. The summed E-state index contributed by atoms with van der Waals surface area (Å²) in [6.45, 7) is 6.13. The molecule has 0 saturated carbocycles. The maximum absolute atomic E-state index is 5.57. The molecule has 0 unspecified atom stereocenters. The molecule has 1 aromatic carbocycles. The van der Waals surface area contributed by atoms with E-state index in [9.17, 15) is 0 Å². The molecule has 1 aliphatic rings. The van der Waals surface area contributed by atoms with Crippen LogP contribution in [0.15, 0.2) is 18.2 Å². The molecule has 1 aromatic rings. The summed E-state index contributed by atoms with van der Waals surface area (Å²) in [4.78, 5) is 0. The van der Waals surface area contributed by atoms with Crippen molar-refractivity contribution in [3.8, 4) is 5.75 Å². The Balaban J connectivity index is 2.04. The van der Waals surface area contributed by atoms with Crippen molar-refractivity contribution < 1.29 is 4.74 Å². The van der Waals surface area contributed by atoms with Crippen molar-refractivity contribution in [1.82, 2.24) is 5.32 Å². The molecule has 1 N–H and O–H groups in total. The molecule has 2 rings (SSSR count). The van der Waals surface area contributed by atoms with Crippen molar-refractivity contribution >= 4 is 0 Å². The van der Waals surface area contributed by atoms with Gasteiger partial charge in [0.05, 0.1) is 6.61 Å².